The monoisotopic (exact) mass is 474 g/mol. The van der Waals surface area contributed by atoms with Gasteiger partial charge >= 0.3 is 23.9 Å². The second-order valence-corrected chi connectivity index (χ2v) is 7.91. The topological polar surface area (TPSA) is 177 Å². The highest BCUT2D eigenvalue weighted by Gasteiger charge is 2.40. The molecule has 0 amide bonds. The number of carbonyl (C=O) groups is 4. The maximum Gasteiger partial charge on any atom is 0.377 e. The molecular formula is C22H34O11. The summed E-state index contributed by atoms with van der Waals surface area (Å²) in [6, 6.07) is 0. The predicted octanol–water partition coefficient (Wildman–Crippen LogP) is 2.45. The Morgan fingerprint density at radius 3 is 2.09 bits per heavy atom. The van der Waals surface area contributed by atoms with Crippen molar-refractivity contribution in [1.29, 1.82) is 0 Å². The molecule has 0 saturated carbocycles. The van der Waals surface area contributed by atoms with Crippen LogP contribution in [0.15, 0.2) is 11.5 Å². The van der Waals surface area contributed by atoms with Gasteiger partial charge in [0.1, 0.15) is 12.7 Å². The fourth-order valence-electron chi connectivity index (χ4n) is 3.20. The van der Waals surface area contributed by atoms with Gasteiger partial charge in [0.25, 0.3) is 0 Å². The second-order valence-electron chi connectivity index (χ2n) is 7.91. The smallest absolute Gasteiger partial charge is 0.377 e. The van der Waals surface area contributed by atoms with E-state index in [9.17, 15) is 34.5 Å². The van der Waals surface area contributed by atoms with Crippen molar-refractivity contribution in [2.45, 2.75) is 95.9 Å². The lowest BCUT2D eigenvalue weighted by Gasteiger charge is -2.19. The molecule has 0 fully saturated rings. The lowest BCUT2D eigenvalue weighted by molar-refractivity contribution is -0.174. The predicted molar refractivity (Wildman–Crippen MR) is 113 cm³/mol. The quantitative estimate of drug-likeness (QED) is 0.138. The molecule has 11 heteroatoms. The molecule has 0 bridgehead atoms. The first-order valence-corrected chi connectivity index (χ1v) is 11.3. The first kappa shape index (κ1) is 28.2. The van der Waals surface area contributed by atoms with Gasteiger partial charge < -0.3 is 34.6 Å². The number of cyclic esters (lactones) is 1. The molecule has 0 aromatic rings. The number of carboxylic acid groups (broad SMARTS) is 1. The number of aliphatic carboxylic acids is 1. The summed E-state index contributed by atoms with van der Waals surface area (Å²) in [5, 5.41) is 37.6. The van der Waals surface area contributed by atoms with Crippen LogP contribution in [0.5, 0.6) is 0 Å². The largest absolute Gasteiger partial charge is 0.505 e. The minimum Gasteiger partial charge on any atom is -0.505 e. The average molecular weight is 475 g/mol. The van der Waals surface area contributed by atoms with Gasteiger partial charge in [-0.05, 0) is 6.42 Å². The number of carboxylic acids is 1. The van der Waals surface area contributed by atoms with Crippen molar-refractivity contribution in [2.75, 3.05) is 6.61 Å². The zero-order valence-electron chi connectivity index (χ0n) is 18.9. The molecule has 0 unspecified atom stereocenters. The van der Waals surface area contributed by atoms with E-state index in [-0.39, 0.29) is 6.42 Å². The van der Waals surface area contributed by atoms with Crippen LogP contribution < -0.4 is 0 Å². The van der Waals surface area contributed by atoms with Crippen LogP contribution in [0.3, 0.4) is 0 Å². The van der Waals surface area contributed by atoms with Gasteiger partial charge in [0.15, 0.2) is 11.9 Å². The Morgan fingerprint density at radius 1 is 1.00 bits per heavy atom. The summed E-state index contributed by atoms with van der Waals surface area (Å²) in [4.78, 5) is 46.3. The van der Waals surface area contributed by atoms with Gasteiger partial charge in [-0.1, -0.05) is 58.3 Å². The van der Waals surface area contributed by atoms with Crippen LogP contribution >= 0.6 is 0 Å². The Bertz CT molecular complexity index is 700. The number of rotatable bonds is 17. The molecule has 4 N–H and O–H groups in total. The van der Waals surface area contributed by atoms with Crippen LogP contribution in [0.25, 0.3) is 0 Å². The highest BCUT2D eigenvalue weighted by Crippen LogP contribution is 2.21. The Balaban J connectivity index is 2.38. The Labute approximate surface area is 192 Å². The fraction of sp³-hybridized carbons (Fsp3) is 0.727. The Morgan fingerprint density at radius 2 is 1.58 bits per heavy atom. The first-order chi connectivity index (χ1) is 15.7. The first-order valence-electron chi connectivity index (χ1n) is 11.3. The van der Waals surface area contributed by atoms with E-state index in [0.29, 0.717) is 6.42 Å². The maximum atomic E-state index is 12.2. The van der Waals surface area contributed by atoms with Crippen LogP contribution in [0, 0.1) is 0 Å². The van der Waals surface area contributed by atoms with Crippen molar-refractivity contribution >= 4 is 23.9 Å². The molecule has 11 nitrogen and oxygen atoms in total. The molecule has 3 atom stereocenters. The van der Waals surface area contributed by atoms with Crippen LogP contribution in [0.2, 0.25) is 0 Å². The number of esters is 3. The van der Waals surface area contributed by atoms with Gasteiger partial charge in [-0.15, -0.1) is 0 Å². The molecule has 0 aliphatic carbocycles. The lowest BCUT2D eigenvalue weighted by atomic mass is 10.1. The average Bonchev–Trinajstić information content (AvgIpc) is 3.02. The van der Waals surface area contributed by atoms with Crippen molar-refractivity contribution in [1.82, 2.24) is 0 Å². The van der Waals surface area contributed by atoms with E-state index < -0.39 is 66.7 Å². The third-order valence-electron chi connectivity index (χ3n) is 5.07. The summed E-state index contributed by atoms with van der Waals surface area (Å²) < 4.78 is 14.2. The van der Waals surface area contributed by atoms with Crippen LogP contribution in [-0.2, 0) is 33.4 Å². The van der Waals surface area contributed by atoms with Crippen molar-refractivity contribution in [2.24, 2.45) is 0 Å². The minimum absolute atomic E-state index is 0.0256. The van der Waals surface area contributed by atoms with E-state index in [1.54, 1.807) is 0 Å². The Hall–Kier alpha value is -2.82. The standard InChI is InChI=1S/C22H34O11/c1-2-3-4-5-6-7-8-9-10-11-17(26)32-15(12-16(24)25)21(29)31-13-14(23)20-18(27)19(28)22(30)33-20/h14-15,20,23,27-28H,2-13H2,1H3,(H,24,25)/t14-,15-,20+/m0/s1. The van der Waals surface area contributed by atoms with E-state index >= 15 is 0 Å². The lowest BCUT2D eigenvalue weighted by Crippen LogP contribution is -2.37. The molecule has 1 rings (SSSR count). The molecule has 0 aromatic heterocycles. The molecule has 188 valence electrons. The third kappa shape index (κ3) is 10.6. The van der Waals surface area contributed by atoms with E-state index in [2.05, 4.69) is 11.7 Å². The van der Waals surface area contributed by atoms with Gasteiger partial charge in [-0.25, -0.2) is 9.59 Å². The number of hydrogen-bond donors (Lipinski definition) is 4. The number of carbonyl (C=O) groups excluding carboxylic acids is 3. The summed E-state index contributed by atoms with van der Waals surface area (Å²) in [6.45, 7) is 1.35. The number of unbranched alkanes of at least 4 members (excludes halogenated alkanes) is 8. The SMILES string of the molecule is CCCCCCCCCCCC(=O)O[C@@H](CC(=O)O)C(=O)OC[C@H](O)[C@H]1OC(=O)C(O)=C1O. The minimum atomic E-state index is -1.73. The molecule has 1 heterocycles. The van der Waals surface area contributed by atoms with Gasteiger partial charge in [0.05, 0.1) is 6.42 Å². The van der Waals surface area contributed by atoms with Gasteiger partial charge in [0, 0.05) is 6.42 Å². The number of aliphatic hydroxyl groups excluding tert-OH is 3. The Kier molecular flexibility index (Phi) is 12.9. The molecule has 1 aliphatic rings. The summed E-state index contributed by atoms with van der Waals surface area (Å²) in [7, 11) is 0. The molecule has 0 spiro atoms. The number of aliphatic hydroxyl groups is 3. The highest BCUT2D eigenvalue weighted by atomic mass is 16.6. The summed E-state index contributed by atoms with van der Waals surface area (Å²) in [6.07, 6.45) is 3.52. The van der Waals surface area contributed by atoms with Crippen LogP contribution in [0.4, 0.5) is 0 Å². The van der Waals surface area contributed by atoms with Crippen LogP contribution in [-0.4, -0.2) is 69.2 Å². The number of hydrogen-bond acceptors (Lipinski definition) is 10. The van der Waals surface area contributed by atoms with Crippen molar-refractivity contribution in [3.63, 3.8) is 0 Å². The molecule has 0 aromatic carbocycles. The van der Waals surface area contributed by atoms with Gasteiger partial charge in [-0.2, -0.15) is 0 Å². The van der Waals surface area contributed by atoms with Crippen molar-refractivity contribution in [3.8, 4) is 0 Å². The zero-order valence-corrected chi connectivity index (χ0v) is 18.9. The van der Waals surface area contributed by atoms with E-state index in [0.717, 1.165) is 25.7 Å². The molecule has 1 aliphatic heterocycles. The second kappa shape index (κ2) is 15.1. The fourth-order valence-corrected chi connectivity index (χ4v) is 3.20. The molecule has 33 heavy (non-hydrogen) atoms. The van der Waals surface area contributed by atoms with E-state index in [4.69, 9.17) is 14.6 Å². The van der Waals surface area contributed by atoms with Crippen molar-refractivity contribution in [3.05, 3.63) is 11.5 Å². The highest BCUT2D eigenvalue weighted by molar-refractivity contribution is 5.89. The van der Waals surface area contributed by atoms with Crippen LogP contribution in [0.1, 0.15) is 77.6 Å². The summed E-state index contributed by atoms with van der Waals surface area (Å²) in [5.74, 6) is -6.59. The van der Waals surface area contributed by atoms with Gasteiger partial charge in [-0.3, -0.25) is 9.59 Å². The van der Waals surface area contributed by atoms with E-state index in [1.165, 1.54) is 25.7 Å². The maximum absolute atomic E-state index is 12.2. The van der Waals surface area contributed by atoms with Gasteiger partial charge in [0.2, 0.25) is 11.9 Å². The third-order valence-corrected chi connectivity index (χ3v) is 5.07. The normalized spacial score (nSPS) is 17.4. The molecule has 0 radical (unpaired) electrons. The van der Waals surface area contributed by atoms with E-state index in [1.807, 2.05) is 0 Å². The van der Waals surface area contributed by atoms with Crippen molar-refractivity contribution < 1.29 is 53.8 Å². The summed E-state index contributed by atoms with van der Waals surface area (Å²) >= 11 is 0. The summed E-state index contributed by atoms with van der Waals surface area (Å²) in [5.41, 5.74) is 0. The number of ether oxygens (including phenoxy) is 3. The zero-order chi connectivity index (χ0) is 24.8. The molecular weight excluding hydrogens is 440 g/mol. The molecule has 0 saturated heterocycles.